The number of pyridine rings is 1. The predicted octanol–water partition coefficient (Wildman–Crippen LogP) is 5.44. The standard InChI is InChI=1S/C28H32ClN5O2/c1-19-30-10-11-34(19)18-21-16-20-6-5-9-31-25(20)26(23-8-7-22(29)17-24(21)23)32-12-14-33(15-13-32)27(35)36-28(2,3)4/h5-11,16-17,26H,12-15,18H2,1-4H3. The second-order valence-electron chi connectivity index (χ2n) is 10.4. The second-order valence-corrected chi connectivity index (χ2v) is 10.8. The Balaban J connectivity index is 1.50. The molecule has 0 N–H and O–H groups in total. The third-order valence-corrected chi connectivity index (χ3v) is 6.95. The van der Waals surface area contributed by atoms with Crippen LogP contribution in [0.5, 0.6) is 0 Å². The van der Waals surface area contributed by atoms with E-state index >= 15 is 0 Å². The fraction of sp³-hybridized carbons (Fsp3) is 0.393. The fourth-order valence-corrected chi connectivity index (χ4v) is 5.15. The van der Waals surface area contributed by atoms with E-state index in [1.807, 2.05) is 58.4 Å². The van der Waals surface area contributed by atoms with E-state index in [-0.39, 0.29) is 12.1 Å². The zero-order valence-corrected chi connectivity index (χ0v) is 22.0. The summed E-state index contributed by atoms with van der Waals surface area (Å²) in [6, 6.07) is 10.2. The maximum atomic E-state index is 12.7. The number of piperazine rings is 1. The molecule has 1 aliphatic heterocycles. The van der Waals surface area contributed by atoms with Gasteiger partial charge in [0.2, 0.25) is 0 Å². The molecule has 7 nitrogen and oxygen atoms in total. The van der Waals surface area contributed by atoms with Crippen molar-refractivity contribution < 1.29 is 9.53 Å². The highest BCUT2D eigenvalue weighted by Gasteiger charge is 2.34. The summed E-state index contributed by atoms with van der Waals surface area (Å²) < 4.78 is 7.75. The van der Waals surface area contributed by atoms with E-state index in [2.05, 4.69) is 38.7 Å². The van der Waals surface area contributed by atoms with Crippen molar-refractivity contribution in [2.75, 3.05) is 26.2 Å². The van der Waals surface area contributed by atoms with E-state index in [9.17, 15) is 4.79 Å². The third-order valence-electron chi connectivity index (χ3n) is 6.71. The van der Waals surface area contributed by atoms with E-state index < -0.39 is 5.60 Å². The van der Waals surface area contributed by atoms with Gasteiger partial charge in [-0.3, -0.25) is 9.88 Å². The Morgan fingerprint density at radius 3 is 2.58 bits per heavy atom. The Bertz CT molecular complexity index is 1300. The molecular formula is C28H32ClN5O2. The van der Waals surface area contributed by atoms with Crippen molar-refractivity contribution >= 4 is 29.3 Å². The highest BCUT2D eigenvalue weighted by molar-refractivity contribution is 6.30. The van der Waals surface area contributed by atoms with Gasteiger partial charge in [0.15, 0.2) is 0 Å². The lowest BCUT2D eigenvalue weighted by Gasteiger charge is -2.40. The summed E-state index contributed by atoms with van der Waals surface area (Å²) in [7, 11) is 0. The zero-order chi connectivity index (χ0) is 25.4. The summed E-state index contributed by atoms with van der Waals surface area (Å²) in [6.45, 7) is 11.0. The number of benzene rings is 1. The van der Waals surface area contributed by atoms with Gasteiger partial charge in [-0.05, 0) is 74.2 Å². The van der Waals surface area contributed by atoms with Crippen molar-refractivity contribution in [3.8, 4) is 0 Å². The van der Waals surface area contributed by atoms with Crippen molar-refractivity contribution in [2.45, 2.75) is 45.9 Å². The highest BCUT2D eigenvalue weighted by atomic mass is 35.5. The molecule has 1 fully saturated rings. The molecule has 0 bridgehead atoms. The van der Waals surface area contributed by atoms with Crippen LogP contribution in [0.15, 0.2) is 48.9 Å². The van der Waals surface area contributed by atoms with Gasteiger partial charge in [-0.15, -0.1) is 0 Å². The van der Waals surface area contributed by atoms with Gasteiger partial charge in [0.25, 0.3) is 0 Å². The number of imidazole rings is 1. The first-order valence-electron chi connectivity index (χ1n) is 12.3. The van der Waals surface area contributed by atoms with E-state index in [1.54, 1.807) is 4.90 Å². The minimum absolute atomic E-state index is 0.0492. The lowest BCUT2D eigenvalue weighted by Crippen LogP contribution is -2.51. The molecular weight excluding hydrogens is 474 g/mol. The number of ether oxygens (including phenoxy) is 1. The molecule has 8 heteroatoms. The number of hydrogen-bond acceptors (Lipinski definition) is 5. The van der Waals surface area contributed by atoms with Crippen molar-refractivity contribution in [3.05, 3.63) is 82.2 Å². The van der Waals surface area contributed by atoms with Crippen LogP contribution in [0.1, 0.15) is 55.0 Å². The Morgan fingerprint density at radius 1 is 1.11 bits per heavy atom. The number of fused-ring (bicyclic) bond motifs is 2. The van der Waals surface area contributed by atoms with Crippen LogP contribution in [0.3, 0.4) is 0 Å². The zero-order valence-electron chi connectivity index (χ0n) is 21.2. The molecule has 1 unspecified atom stereocenters. The second kappa shape index (κ2) is 9.71. The number of aryl methyl sites for hydroxylation is 1. The normalized spacial score (nSPS) is 18.2. The summed E-state index contributed by atoms with van der Waals surface area (Å²) in [6.07, 6.45) is 7.66. The summed E-state index contributed by atoms with van der Waals surface area (Å²) in [5.74, 6) is 0.963. The molecule has 188 valence electrons. The minimum atomic E-state index is -0.508. The summed E-state index contributed by atoms with van der Waals surface area (Å²) in [5, 5.41) is 0.703. The van der Waals surface area contributed by atoms with Crippen LogP contribution in [0.25, 0.3) is 11.6 Å². The number of nitrogens with zero attached hydrogens (tertiary/aromatic N) is 5. The molecule has 1 aliphatic carbocycles. The number of allylic oxidation sites excluding steroid dienone is 1. The molecule has 3 aromatic rings. The SMILES string of the molecule is Cc1nccn1CC1=Cc2cccnc2C(N2CCN(C(=O)OC(C)(C)C)CC2)c2ccc(Cl)cc21. The fourth-order valence-electron chi connectivity index (χ4n) is 4.98. The number of halogens is 1. The molecule has 1 amide bonds. The average molecular weight is 506 g/mol. The Kier molecular flexibility index (Phi) is 6.62. The van der Waals surface area contributed by atoms with Crippen molar-refractivity contribution in [1.82, 2.24) is 24.3 Å². The minimum Gasteiger partial charge on any atom is -0.444 e. The van der Waals surface area contributed by atoms with Gasteiger partial charge in [-0.1, -0.05) is 23.7 Å². The quantitative estimate of drug-likeness (QED) is 0.474. The van der Waals surface area contributed by atoms with Crippen LogP contribution >= 0.6 is 11.6 Å². The van der Waals surface area contributed by atoms with Crippen LogP contribution < -0.4 is 0 Å². The number of aromatic nitrogens is 3. The van der Waals surface area contributed by atoms with E-state index in [4.69, 9.17) is 21.3 Å². The first-order chi connectivity index (χ1) is 17.2. The predicted molar refractivity (Wildman–Crippen MR) is 142 cm³/mol. The van der Waals surface area contributed by atoms with Gasteiger partial charge in [0.05, 0.1) is 11.7 Å². The van der Waals surface area contributed by atoms with Gasteiger partial charge >= 0.3 is 6.09 Å². The van der Waals surface area contributed by atoms with E-state index in [0.29, 0.717) is 24.7 Å². The summed E-state index contributed by atoms with van der Waals surface area (Å²) in [5.41, 5.74) is 5.06. The van der Waals surface area contributed by atoms with Crippen LogP contribution in [-0.2, 0) is 11.3 Å². The van der Waals surface area contributed by atoms with Crippen molar-refractivity contribution in [3.63, 3.8) is 0 Å². The Labute approximate surface area is 217 Å². The number of amides is 1. The van der Waals surface area contributed by atoms with Crippen molar-refractivity contribution in [2.24, 2.45) is 0 Å². The van der Waals surface area contributed by atoms with E-state index in [0.717, 1.165) is 41.3 Å². The number of rotatable bonds is 3. The van der Waals surface area contributed by atoms with Gasteiger partial charge in [-0.2, -0.15) is 0 Å². The lowest BCUT2D eigenvalue weighted by molar-refractivity contribution is 0.0118. The molecule has 1 atom stereocenters. The number of carbonyl (C=O) groups is 1. The molecule has 0 saturated carbocycles. The van der Waals surface area contributed by atoms with Crippen LogP contribution in [0, 0.1) is 6.92 Å². The lowest BCUT2D eigenvalue weighted by atomic mass is 9.93. The van der Waals surface area contributed by atoms with Crippen LogP contribution in [0.4, 0.5) is 4.79 Å². The monoisotopic (exact) mass is 505 g/mol. The summed E-state index contributed by atoms with van der Waals surface area (Å²) >= 11 is 6.53. The molecule has 3 heterocycles. The Morgan fingerprint density at radius 2 is 1.89 bits per heavy atom. The average Bonchev–Trinajstić information content (AvgIpc) is 3.18. The van der Waals surface area contributed by atoms with Crippen molar-refractivity contribution in [1.29, 1.82) is 0 Å². The molecule has 2 aliphatic rings. The number of carbonyl (C=O) groups excluding carboxylic acids is 1. The first kappa shape index (κ1) is 24.5. The third kappa shape index (κ3) is 5.04. The molecule has 5 rings (SSSR count). The first-order valence-corrected chi connectivity index (χ1v) is 12.7. The molecule has 2 aromatic heterocycles. The number of hydrogen-bond donors (Lipinski definition) is 0. The molecule has 36 heavy (non-hydrogen) atoms. The van der Waals surface area contributed by atoms with Gasteiger partial charge in [0, 0.05) is 56.3 Å². The van der Waals surface area contributed by atoms with Crippen LogP contribution in [-0.4, -0.2) is 62.2 Å². The summed E-state index contributed by atoms with van der Waals surface area (Å²) in [4.78, 5) is 26.1. The maximum Gasteiger partial charge on any atom is 0.410 e. The molecule has 1 saturated heterocycles. The molecule has 1 aromatic carbocycles. The maximum absolute atomic E-state index is 12.7. The topological polar surface area (TPSA) is 63.5 Å². The van der Waals surface area contributed by atoms with Crippen LogP contribution in [0.2, 0.25) is 5.02 Å². The Hall–Kier alpha value is -3.16. The highest BCUT2D eigenvalue weighted by Crippen LogP contribution is 2.41. The van der Waals surface area contributed by atoms with Gasteiger partial charge in [0.1, 0.15) is 11.4 Å². The molecule has 0 radical (unpaired) electrons. The van der Waals surface area contributed by atoms with Gasteiger partial charge in [-0.25, -0.2) is 9.78 Å². The smallest absolute Gasteiger partial charge is 0.410 e. The largest absolute Gasteiger partial charge is 0.444 e. The van der Waals surface area contributed by atoms with Gasteiger partial charge < -0.3 is 14.2 Å². The van der Waals surface area contributed by atoms with E-state index in [1.165, 1.54) is 5.56 Å². The molecule has 0 spiro atoms.